The Labute approximate surface area is 130 Å². The molecule has 2 nitrogen and oxygen atoms in total. The van der Waals surface area contributed by atoms with Gasteiger partial charge in [0.2, 0.25) is 5.91 Å². The van der Waals surface area contributed by atoms with Gasteiger partial charge in [-0.2, -0.15) is 0 Å². The van der Waals surface area contributed by atoms with Crippen LogP contribution >= 0.6 is 15.9 Å². The average Bonchev–Trinajstić information content (AvgIpc) is 2.45. The molecule has 1 N–H and O–H groups in total. The van der Waals surface area contributed by atoms with E-state index >= 15 is 0 Å². The maximum Gasteiger partial charge on any atom is 0.229 e. The molecule has 2 rings (SSSR count). The zero-order valence-electron chi connectivity index (χ0n) is 11.4. The van der Waals surface area contributed by atoms with E-state index in [0.29, 0.717) is 5.69 Å². The molecule has 0 saturated carbocycles. The van der Waals surface area contributed by atoms with Crippen molar-refractivity contribution in [2.24, 2.45) is 0 Å². The van der Waals surface area contributed by atoms with Crippen molar-refractivity contribution in [3.8, 4) is 0 Å². The molecular weight excluding hydrogens is 340 g/mol. The van der Waals surface area contributed by atoms with Crippen LogP contribution in [0.4, 0.5) is 14.5 Å². The van der Waals surface area contributed by atoms with Gasteiger partial charge < -0.3 is 5.32 Å². The number of hydrogen-bond donors (Lipinski definition) is 1. The van der Waals surface area contributed by atoms with Crippen molar-refractivity contribution in [1.82, 2.24) is 0 Å². The minimum Gasteiger partial charge on any atom is -0.326 e. The molecule has 110 valence electrons. The summed E-state index contributed by atoms with van der Waals surface area (Å²) in [7, 11) is 0. The van der Waals surface area contributed by atoms with Crippen LogP contribution in [0.3, 0.4) is 0 Å². The van der Waals surface area contributed by atoms with Crippen LogP contribution in [0.5, 0.6) is 0 Å². The van der Waals surface area contributed by atoms with E-state index in [1.165, 1.54) is 6.07 Å². The normalized spacial score (nSPS) is 10.5. The Hall–Kier alpha value is -1.75. The van der Waals surface area contributed by atoms with Gasteiger partial charge in [0.05, 0.1) is 6.42 Å². The number of rotatable bonds is 4. The minimum atomic E-state index is -0.711. The number of halogens is 3. The van der Waals surface area contributed by atoms with Crippen molar-refractivity contribution in [3.05, 3.63) is 63.6 Å². The fraction of sp³-hybridized carbons (Fsp3) is 0.188. The first-order chi connectivity index (χ1) is 10.0. The molecule has 0 radical (unpaired) electrons. The Morgan fingerprint density at radius 3 is 2.48 bits per heavy atom. The van der Waals surface area contributed by atoms with Crippen LogP contribution in [0.25, 0.3) is 0 Å². The summed E-state index contributed by atoms with van der Waals surface area (Å²) in [5.74, 6) is -1.87. The van der Waals surface area contributed by atoms with Crippen LogP contribution in [-0.4, -0.2) is 5.91 Å². The summed E-state index contributed by atoms with van der Waals surface area (Å²) >= 11 is 3.36. The predicted octanol–water partition coefficient (Wildman–Crippen LogP) is 4.47. The highest BCUT2D eigenvalue weighted by Gasteiger charge is 2.14. The van der Waals surface area contributed by atoms with Gasteiger partial charge in [-0.1, -0.05) is 28.9 Å². The van der Waals surface area contributed by atoms with E-state index < -0.39 is 17.5 Å². The van der Waals surface area contributed by atoms with E-state index in [9.17, 15) is 13.6 Å². The molecule has 0 spiro atoms. The molecule has 0 aromatic heterocycles. The number of carbonyl (C=O) groups excluding carboxylic acids is 1. The van der Waals surface area contributed by atoms with Crippen LogP contribution < -0.4 is 5.32 Å². The lowest BCUT2D eigenvalue weighted by Crippen LogP contribution is -2.17. The zero-order valence-corrected chi connectivity index (χ0v) is 13.0. The maximum atomic E-state index is 13.5. The van der Waals surface area contributed by atoms with Gasteiger partial charge in [-0.25, -0.2) is 8.78 Å². The first-order valence-corrected chi connectivity index (χ1v) is 7.31. The van der Waals surface area contributed by atoms with Crippen LogP contribution in [0.2, 0.25) is 0 Å². The van der Waals surface area contributed by atoms with Crippen molar-refractivity contribution in [3.63, 3.8) is 0 Å². The lowest BCUT2D eigenvalue weighted by Gasteiger charge is -2.11. The van der Waals surface area contributed by atoms with Crippen molar-refractivity contribution >= 4 is 27.5 Å². The molecular formula is C16H14BrF2NO. The molecule has 0 aliphatic heterocycles. The third-order valence-corrected chi connectivity index (χ3v) is 3.61. The number of nitrogens with one attached hydrogen (secondary N) is 1. The Morgan fingerprint density at radius 1 is 1.19 bits per heavy atom. The molecule has 0 aliphatic carbocycles. The van der Waals surface area contributed by atoms with Gasteiger partial charge in [0, 0.05) is 15.7 Å². The maximum absolute atomic E-state index is 13.5. The van der Waals surface area contributed by atoms with Gasteiger partial charge in [-0.15, -0.1) is 0 Å². The van der Waals surface area contributed by atoms with E-state index in [4.69, 9.17) is 0 Å². The molecule has 1 amide bonds. The van der Waals surface area contributed by atoms with E-state index in [2.05, 4.69) is 21.2 Å². The van der Waals surface area contributed by atoms with E-state index in [1.807, 2.05) is 13.0 Å². The van der Waals surface area contributed by atoms with Gasteiger partial charge in [0.25, 0.3) is 0 Å². The largest absolute Gasteiger partial charge is 0.326 e. The van der Waals surface area contributed by atoms with Crippen LogP contribution in [0.1, 0.15) is 18.1 Å². The average molecular weight is 354 g/mol. The Kier molecular flexibility index (Phi) is 5.07. The number of amides is 1. The molecule has 0 saturated heterocycles. The number of carbonyl (C=O) groups is 1. The number of benzene rings is 2. The lowest BCUT2D eigenvalue weighted by molar-refractivity contribution is -0.115. The first kappa shape index (κ1) is 15.6. The Morgan fingerprint density at radius 2 is 1.86 bits per heavy atom. The molecule has 2 aromatic carbocycles. The van der Waals surface area contributed by atoms with Crippen molar-refractivity contribution in [2.45, 2.75) is 19.8 Å². The summed E-state index contributed by atoms with van der Waals surface area (Å²) in [6.07, 6.45) is 0.404. The molecule has 0 unspecified atom stereocenters. The summed E-state index contributed by atoms with van der Waals surface area (Å²) in [5.41, 5.74) is 1.39. The monoisotopic (exact) mass is 353 g/mol. The molecule has 0 aliphatic rings. The smallest absolute Gasteiger partial charge is 0.229 e. The number of aryl methyl sites for hydroxylation is 1. The summed E-state index contributed by atoms with van der Waals surface area (Å²) < 4.78 is 28.0. The van der Waals surface area contributed by atoms with Crippen molar-refractivity contribution in [2.75, 3.05) is 5.32 Å². The molecule has 0 heterocycles. The molecule has 0 atom stereocenters. The summed E-state index contributed by atoms with van der Waals surface area (Å²) in [6.45, 7) is 1.97. The zero-order chi connectivity index (χ0) is 15.4. The fourth-order valence-electron chi connectivity index (χ4n) is 2.03. The molecule has 21 heavy (non-hydrogen) atoms. The second-order valence-corrected chi connectivity index (χ2v) is 5.50. The van der Waals surface area contributed by atoms with Gasteiger partial charge in [-0.05, 0) is 42.3 Å². The third-order valence-electron chi connectivity index (χ3n) is 3.12. The van der Waals surface area contributed by atoms with Crippen LogP contribution in [0.15, 0.2) is 40.9 Å². The molecule has 0 fully saturated rings. The van der Waals surface area contributed by atoms with Crippen molar-refractivity contribution < 1.29 is 13.6 Å². The van der Waals surface area contributed by atoms with Crippen molar-refractivity contribution in [1.29, 1.82) is 0 Å². The molecule has 0 bridgehead atoms. The topological polar surface area (TPSA) is 29.1 Å². The van der Waals surface area contributed by atoms with E-state index in [1.54, 1.807) is 12.1 Å². The third kappa shape index (κ3) is 3.88. The Bertz CT molecular complexity index is 653. The summed E-state index contributed by atoms with van der Waals surface area (Å²) in [5, 5.41) is 2.70. The van der Waals surface area contributed by atoms with Gasteiger partial charge in [0.15, 0.2) is 0 Å². The standard InChI is InChI=1S/C16H14BrF2NO/c1-2-10-8-11(17)6-7-15(10)20-16(21)9-12-13(18)4-3-5-14(12)19/h3-8H,2,9H2,1H3,(H,20,21). The van der Waals surface area contributed by atoms with Crippen LogP contribution in [0, 0.1) is 11.6 Å². The quantitative estimate of drug-likeness (QED) is 0.862. The SMILES string of the molecule is CCc1cc(Br)ccc1NC(=O)Cc1c(F)cccc1F. The summed E-state index contributed by atoms with van der Waals surface area (Å²) in [4.78, 5) is 12.0. The second-order valence-electron chi connectivity index (χ2n) is 4.58. The molecule has 5 heteroatoms. The van der Waals surface area contributed by atoms with E-state index in [-0.39, 0.29) is 12.0 Å². The predicted molar refractivity (Wildman–Crippen MR) is 82.2 cm³/mol. The first-order valence-electron chi connectivity index (χ1n) is 6.52. The number of hydrogen-bond acceptors (Lipinski definition) is 1. The fourth-order valence-corrected chi connectivity index (χ4v) is 2.44. The minimum absolute atomic E-state index is 0.217. The highest BCUT2D eigenvalue weighted by atomic mass is 79.9. The van der Waals surface area contributed by atoms with Gasteiger partial charge >= 0.3 is 0 Å². The molecule has 2 aromatic rings. The second kappa shape index (κ2) is 6.80. The van der Waals surface area contributed by atoms with Crippen LogP contribution in [-0.2, 0) is 17.6 Å². The van der Waals surface area contributed by atoms with E-state index in [0.717, 1.165) is 28.6 Å². The highest BCUT2D eigenvalue weighted by Crippen LogP contribution is 2.22. The highest BCUT2D eigenvalue weighted by molar-refractivity contribution is 9.10. The Balaban J connectivity index is 2.16. The van der Waals surface area contributed by atoms with Gasteiger partial charge in [0.1, 0.15) is 11.6 Å². The number of anilines is 1. The summed E-state index contributed by atoms with van der Waals surface area (Å²) in [6, 6.07) is 9.03. The van der Waals surface area contributed by atoms with Gasteiger partial charge in [-0.3, -0.25) is 4.79 Å². The lowest BCUT2D eigenvalue weighted by atomic mass is 10.1.